The molecule has 2 heteroatoms. The molecule has 0 heterocycles. The van der Waals surface area contributed by atoms with Crippen LogP contribution < -0.4 is 0 Å². The van der Waals surface area contributed by atoms with Crippen LogP contribution in [0.25, 0.3) is 0 Å². The fourth-order valence-corrected chi connectivity index (χ4v) is 11.6. The van der Waals surface area contributed by atoms with Crippen molar-refractivity contribution in [2.24, 2.45) is 0 Å². The van der Waals surface area contributed by atoms with Gasteiger partial charge in [-0.05, 0) is 114 Å². The standard InChI is InChI=1S/C46H46Si2/c1-36(2)48(37(3)4,38(5)6)35-33-46-30-26-44(27-31-46)23-21-42-18-14-40(15-19-42)11-10-39-12-16-41(17-13-39)20-22-43-24-28-45(29-25-43)32-34-47(7,8)9/h12-19,24-31,36-38H,1-9H3. The molecule has 0 unspecified atom stereocenters. The molecule has 4 aromatic rings. The molecular formula is C46H46Si2. The summed E-state index contributed by atoms with van der Waals surface area (Å²) in [7, 11) is -3.12. The summed E-state index contributed by atoms with van der Waals surface area (Å²) < 4.78 is 0. The number of hydrogen-bond donors (Lipinski definition) is 0. The van der Waals surface area contributed by atoms with Gasteiger partial charge in [0.15, 0.2) is 0 Å². The lowest BCUT2D eigenvalue weighted by molar-refractivity contribution is 0.838. The van der Waals surface area contributed by atoms with Crippen molar-refractivity contribution in [2.45, 2.75) is 77.8 Å². The number of benzene rings is 4. The van der Waals surface area contributed by atoms with Crippen LogP contribution in [0.3, 0.4) is 0 Å². The molecule has 0 spiro atoms. The molecule has 0 aliphatic rings. The fourth-order valence-electron chi connectivity index (χ4n) is 5.85. The Kier molecular flexibility index (Phi) is 12.2. The highest BCUT2D eigenvalue weighted by atomic mass is 28.3. The second-order valence-electron chi connectivity index (χ2n) is 14.2. The predicted octanol–water partition coefficient (Wildman–Crippen LogP) is 10.7. The number of rotatable bonds is 3. The topological polar surface area (TPSA) is 0 Å². The summed E-state index contributed by atoms with van der Waals surface area (Å²) in [6.07, 6.45) is 0. The maximum Gasteiger partial charge on any atom is 0.146 e. The van der Waals surface area contributed by atoms with E-state index in [9.17, 15) is 0 Å². The van der Waals surface area contributed by atoms with Crippen molar-refractivity contribution in [3.63, 3.8) is 0 Å². The van der Waals surface area contributed by atoms with Crippen molar-refractivity contribution >= 4 is 16.1 Å². The summed E-state index contributed by atoms with van der Waals surface area (Å²) in [5.74, 6) is 26.4. The maximum absolute atomic E-state index is 3.81. The average Bonchev–Trinajstić information content (AvgIpc) is 3.06. The van der Waals surface area contributed by atoms with Crippen LogP contribution in [0.1, 0.15) is 86.1 Å². The summed E-state index contributed by atoms with van der Waals surface area (Å²) >= 11 is 0. The van der Waals surface area contributed by atoms with Crippen LogP contribution in [0.4, 0.5) is 0 Å². The van der Waals surface area contributed by atoms with E-state index in [2.05, 4.69) is 144 Å². The molecule has 0 fully saturated rings. The van der Waals surface area contributed by atoms with Gasteiger partial charge in [0.1, 0.15) is 16.1 Å². The molecule has 0 saturated heterocycles. The molecule has 0 nitrogen and oxygen atoms in total. The largest absolute Gasteiger partial charge is 0.146 e. The molecule has 0 aromatic heterocycles. The molecule has 0 atom stereocenters. The average molecular weight is 655 g/mol. The molecule has 0 aliphatic heterocycles. The lowest BCUT2D eigenvalue weighted by atomic mass is 10.1. The SMILES string of the molecule is CC(C)[Si](C#Cc1ccc(C#Cc2ccc(C#Cc3ccc(C#Cc4ccc(C#C[Si](C)(C)C)cc4)cc3)cc2)cc1)(C(C)C)C(C)C. The van der Waals surface area contributed by atoms with E-state index in [0.29, 0.717) is 16.6 Å². The Bertz CT molecular complexity index is 1990. The van der Waals surface area contributed by atoms with Crippen LogP contribution in [-0.2, 0) is 0 Å². The molecule has 238 valence electrons. The summed E-state index contributed by atoms with van der Waals surface area (Å²) in [5.41, 5.74) is 17.0. The van der Waals surface area contributed by atoms with Crippen molar-refractivity contribution < 1.29 is 0 Å². The molecule has 0 amide bonds. The first-order valence-corrected chi connectivity index (χ1v) is 22.6. The van der Waals surface area contributed by atoms with E-state index in [4.69, 9.17) is 0 Å². The first kappa shape index (κ1) is 36.0. The van der Waals surface area contributed by atoms with Gasteiger partial charge in [-0.3, -0.25) is 0 Å². The van der Waals surface area contributed by atoms with Gasteiger partial charge in [0, 0.05) is 44.5 Å². The Hall–Kier alpha value is -4.89. The van der Waals surface area contributed by atoms with Crippen molar-refractivity contribution in [1.29, 1.82) is 0 Å². The van der Waals surface area contributed by atoms with E-state index in [1.165, 1.54) is 0 Å². The van der Waals surface area contributed by atoms with E-state index in [1.54, 1.807) is 0 Å². The minimum Gasteiger partial charge on any atom is -0.127 e. The molecule has 0 bridgehead atoms. The quantitative estimate of drug-likeness (QED) is 0.152. The zero-order valence-electron chi connectivity index (χ0n) is 30.0. The first-order chi connectivity index (χ1) is 22.8. The van der Waals surface area contributed by atoms with Gasteiger partial charge in [0.2, 0.25) is 0 Å². The summed E-state index contributed by atoms with van der Waals surface area (Å²) in [6, 6.07) is 32.6. The highest BCUT2D eigenvalue weighted by Gasteiger charge is 2.41. The predicted molar refractivity (Wildman–Crippen MR) is 212 cm³/mol. The third kappa shape index (κ3) is 10.3. The maximum atomic E-state index is 3.81. The van der Waals surface area contributed by atoms with E-state index in [-0.39, 0.29) is 0 Å². The van der Waals surface area contributed by atoms with Crippen LogP contribution >= 0.6 is 0 Å². The minimum absolute atomic E-state index is 0.625. The van der Waals surface area contributed by atoms with E-state index in [0.717, 1.165) is 44.5 Å². The van der Waals surface area contributed by atoms with Crippen molar-refractivity contribution in [2.75, 3.05) is 0 Å². The van der Waals surface area contributed by atoms with Gasteiger partial charge in [-0.15, -0.1) is 11.1 Å². The zero-order chi connectivity index (χ0) is 34.7. The Morgan fingerprint density at radius 2 is 0.500 bits per heavy atom. The van der Waals surface area contributed by atoms with Crippen LogP contribution in [0, 0.1) is 58.5 Å². The fraction of sp³-hybridized carbons (Fsp3) is 0.261. The monoisotopic (exact) mass is 654 g/mol. The molecule has 0 aliphatic carbocycles. The Morgan fingerprint density at radius 3 is 0.688 bits per heavy atom. The van der Waals surface area contributed by atoms with E-state index < -0.39 is 16.1 Å². The van der Waals surface area contributed by atoms with Crippen LogP contribution in [-0.4, -0.2) is 16.1 Å². The van der Waals surface area contributed by atoms with Gasteiger partial charge in [-0.2, -0.15) is 0 Å². The van der Waals surface area contributed by atoms with Crippen molar-refractivity contribution in [3.8, 4) is 58.5 Å². The Labute approximate surface area is 292 Å². The van der Waals surface area contributed by atoms with Gasteiger partial charge in [0.25, 0.3) is 0 Å². The third-order valence-electron chi connectivity index (χ3n) is 8.46. The summed E-state index contributed by atoms with van der Waals surface area (Å²) in [6.45, 7) is 20.8. The second-order valence-corrected chi connectivity index (χ2v) is 24.5. The molecule has 0 saturated carbocycles. The summed E-state index contributed by atoms with van der Waals surface area (Å²) in [4.78, 5) is 0. The second kappa shape index (κ2) is 16.3. The van der Waals surface area contributed by atoms with Crippen molar-refractivity contribution in [1.82, 2.24) is 0 Å². The van der Waals surface area contributed by atoms with Gasteiger partial charge < -0.3 is 0 Å². The van der Waals surface area contributed by atoms with Gasteiger partial charge >= 0.3 is 0 Å². The Morgan fingerprint density at radius 1 is 0.312 bits per heavy atom. The van der Waals surface area contributed by atoms with Gasteiger partial charge in [-0.25, -0.2) is 0 Å². The van der Waals surface area contributed by atoms with Crippen LogP contribution in [0.15, 0.2) is 97.1 Å². The number of hydrogen-bond acceptors (Lipinski definition) is 0. The first-order valence-electron chi connectivity index (χ1n) is 16.9. The molecular weight excluding hydrogens is 609 g/mol. The highest BCUT2D eigenvalue weighted by Crippen LogP contribution is 2.40. The zero-order valence-corrected chi connectivity index (χ0v) is 32.0. The lowest BCUT2D eigenvalue weighted by Gasteiger charge is -2.38. The molecule has 48 heavy (non-hydrogen) atoms. The Balaban J connectivity index is 1.35. The van der Waals surface area contributed by atoms with Crippen LogP contribution in [0.5, 0.6) is 0 Å². The van der Waals surface area contributed by atoms with Gasteiger partial charge in [0.05, 0.1) is 0 Å². The third-order valence-corrected chi connectivity index (χ3v) is 15.6. The molecule has 0 N–H and O–H groups in total. The normalized spacial score (nSPS) is 10.8. The highest BCUT2D eigenvalue weighted by molar-refractivity contribution is 6.90. The van der Waals surface area contributed by atoms with E-state index in [1.807, 2.05) is 72.8 Å². The smallest absolute Gasteiger partial charge is 0.127 e. The molecule has 0 radical (unpaired) electrons. The molecule has 4 aromatic carbocycles. The van der Waals surface area contributed by atoms with E-state index >= 15 is 0 Å². The van der Waals surface area contributed by atoms with Crippen molar-refractivity contribution in [3.05, 3.63) is 142 Å². The van der Waals surface area contributed by atoms with Gasteiger partial charge in [-0.1, -0.05) is 109 Å². The van der Waals surface area contributed by atoms with Crippen LogP contribution in [0.2, 0.25) is 36.3 Å². The minimum atomic E-state index is -1.74. The lowest BCUT2D eigenvalue weighted by Crippen LogP contribution is -2.43. The molecule has 4 rings (SSSR count). The summed E-state index contributed by atoms with van der Waals surface area (Å²) in [5, 5.41) is 0.